The fraction of sp³-hybridized carbons (Fsp3) is 0.704. The van der Waals surface area contributed by atoms with Crippen LogP contribution in [0.15, 0.2) is 60.7 Å². The molecule has 0 aliphatic heterocycles. The van der Waals surface area contributed by atoms with E-state index in [2.05, 4.69) is 38.1 Å². The van der Waals surface area contributed by atoms with Crippen LogP contribution in [0.3, 0.4) is 0 Å². The fourth-order valence-corrected chi connectivity index (χ4v) is 7.81. The predicted molar refractivity (Wildman–Crippen MR) is 258 cm³/mol. The van der Waals surface area contributed by atoms with E-state index in [-0.39, 0.29) is 98.1 Å². The third-order valence-corrected chi connectivity index (χ3v) is 11.5. The molecule has 2 aromatic rings. The molecule has 10 nitrogen and oxygen atoms in total. The maximum Gasteiger partial charge on any atom is 2.00 e. The Kier molecular flexibility index (Phi) is 42.8. The zero-order valence-corrected chi connectivity index (χ0v) is 45.5. The second kappa shape index (κ2) is 44.3. The minimum Gasteiger partial charge on any atom is -0.550 e. The topological polar surface area (TPSA) is 151 Å². The zero-order valence-electron chi connectivity index (χ0n) is 41.1. The summed E-state index contributed by atoms with van der Waals surface area (Å²) < 4.78 is 22.9. The molecule has 0 amide bonds. The van der Waals surface area contributed by atoms with Crippen LogP contribution in [0.2, 0.25) is 0 Å². The van der Waals surface area contributed by atoms with Crippen LogP contribution in [0.5, 0.6) is 0 Å². The molecule has 0 aliphatic rings. The number of carbonyl (C=O) groups is 4. The number of carboxylic acids is 2. The van der Waals surface area contributed by atoms with E-state index in [0.29, 0.717) is 13.2 Å². The summed E-state index contributed by atoms with van der Waals surface area (Å²) in [7, 11) is 0. The number of benzene rings is 2. The number of carbonyl (C=O) groups excluding carboxylic acids is 4. The molecule has 2 rings (SSSR count). The van der Waals surface area contributed by atoms with Crippen LogP contribution in [-0.2, 0) is 51.3 Å². The number of carboxylic acid groups (broad SMARTS) is 2. The van der Waals surface area contributed by atoms with E-state index in [4.69, 9.17) is 18.9 Å². The third-order valence-electron chi connectivity index (χ3n) is 11.5. The number of hydrogen-bond donors (Lipinski definition) is 0. The first-order valence-corrected chi connectivity index (χ1v) is 25.0. The molecule has 0 saturated carbocycles. The Morgan fingerprint density at radius 2 is 0.692 bits per heavy atom. The summed E-state index contributed by atoms with van der Waals surface area (Å²) in [5.41, 5.74) is 2.38. The molecule has 0 aliphatic carbocycles. The van der Waals surface area contributed by atoms with Crippen LogP contribution in [0, 0.1) is 0 Å². The Labute approximate surface area is 434 Å². The minimum atomic E-state index is -0.942. The van der Waals surface area contributed by atoms with Gasteiger partial charge in [-0.05, 0) is 115 Å². The first-order valence-electron chi connectivity index (χ1n) is 25.0. The maximum atomic E-state index is 11.4. The Balaban J connectivity index is 0.00000124. The van der Waals surface area contributed by atoms with E-state index >= 15 is 0 Å². The Hall–Kier alpha value is -2.19. The van der Waals surface area contributed by atoms with Gasteiger partial charge in [0.15, 0.2) is 0 Å². The smallest absolute Gasteiger partial charge is 0.550 e. The van der Waals surface area contributed by atoms with Gasteiger partial charge in [-0.3, -0.25) is 9.59 Å². The SMILES string of the molecule is CC(=O)OC(CCCCCCCCCCCC(=O)[O-])CCCC(C)OCc1ccccc1.CC(=O)OC(CCCCCCCCCCCC(=O)[O-])CCCC(C)OCc1ccccc1.[Ba+2]. The van der Waals surface area contributed by atoms with Crippen molar-refractivity contribution in [1.82, 2.24) is 0 Å². The molecule has 0 bridgehead atoms. The van der Waals surface area contributed by atoms with E-state index in [0.717, 1.165) is 103 Å². The van der Waals surface area contributed by atoms with Gasteiger partial charge in [0.1, 0.15) is 12.2 Å². The second-order valence-corrected chi connectivity index (χ2v) is 17.7. The first-order chi connectivity index (χ1) is 30.9. The summed E-state index contributed by atoms with van der Waals surface area (Å²) in [6, 6.07) is 20.4. The van der Waals surface area contributed by atoms with Gasteiger partial charge in [-0.2, -0.15) is 0 Å². The van der Waals surface area contributed by atoms with Gasteiger partial charge in [-0.15, -0.1) is 0 Å². The standard InChI is InChI=1S/2C27H44O5.Ba/c2*1-23(31-22-25-17-11-10-12-18-25)16-15-20-26(32-24(2)28)19-13-8-6-4-3-5-7-9-14-21-27(29)30;/h2*10-12,17-18,23,26H,3-9,13-16,19-22H2,1-2H3,(H,29,30);/q;;+2/p-2. The second-order valence-electron chi connectivity index (χ2n) is 17.7. The van der Waals surface area contributed by atoms with Crippen LogP contribution in [-0.4, -0.2) is 97.2 Å². The minimum absolute atomic E-state index is 0. The summed E-state index contributed by atoms with van der Waals surface area (Å²) in [6.07, 6.45) is 28.1. The number of ether oxygens (including phenoxy) is 4. The van der Waals surface area contributed by atoms with E-state index in [1.54, 1.807) is 0 Å². The van der Waals surface area contributed by atoms with E-state index in [1.165, 1.54) is 89.2 Å². The fourth-order valence-electron chi connectivity index (χ4n) is 7.81. The van der Waals surface area contributed by atoms with Crippen LogP contribution in [0.4, 0.5) is 0 Å². The van der Waals surface area contributed by atoms with Gasteiger partial charge in [0.25, 0.3) is 0 Å². The molecule has 4 atom stereocenters. The van der Waals surface area contributed by atoms with Gasteiger partial charge >= 0.3 is 60.8 Å². The summed E-state index contributed by atoms with van der Waals surface area (Å²) in [5.74, 6) is -2.27. The van der Waals surface area contributed by atoms with Crippen LogP contribution in [0.1, 0.15) is 219 Å². The number of unbranched alkanes of at least 4 members (excludes halogenated alkanes) is 16. The van der Waals surface area contributed by atoms with Gasteiger partial charge < -0.3 is 38.7 Å². The monoisotopic (exact) mass is 1030 g/mol. The summed E-state index contributed by atoms with van der Waals surface area (Å²) >= 11 is 0. The van der Waals surface area contributed by atoms with Gasteiger partial charge in [0.05, 0.1) is 25.4 Å². The first kappa shape index (κ1) is 62.8. The molecular weight excluding hydrogens is 946 g/mol. The van der Waals surface area contributed by atoms with Gasteiger partial charge in [-0.1, -0.05) is 151 Å². The molecule has 0 fully saturated rings. The maximum absolute atomic E-state index is 11.4. The van der Waals surface area contributed by atoms with Crippen LogP contribution in [0.25, 0.3) is 0 Å². The third kappa shape index (κ3) is 42.9. The molecule has 2 aromatic carbocycles. The van der Waals surface area contributed by atoms with Crippen molar-refractivity contribution < 1.29 is 48.3 Å². The molecule has 11 heteroatoms. The molecule has 0 saturated heterocycles. The molecule has 0 aromatic heterocycles. The van der Waals surface area contributed by atoms with Gasteiger partial charge in [0.2, 0.25) is 0 Å². The number of aliphatic carboxylic acids is 2. The quantitative estimate of drug-likeness (QED) is 0.0358. The van der Waals surface area contributed by atoms with Crippen molar-refractivity contribution in [1.29, 1.82) is 0 Å². The average molecular weight is 1030 g/mol. The molecule has 0 heterocycles. The van der Waals surface area contributed by atoms with E-state index < -0.39 is 11.9 Å². The van der Waals surface area contributed by atoms with Gasteiger partial charge in [-0.25, -0.2) is 0 Å². The molecule has 0 N–H and O–H groups in total. The largest absolute Gasteiger partial charge is 2.00 e. The van der Waals surface area contributed by atoms with Crippen molar-refractivity contribution >= 4 is 72.8 Å². The Bertz CT molecular complexity index is 1320. The van der Waals surface area contributed by atoms with Crippen LogP contribution >= 0.6 is 0 Å². The molecule has 65 heavy (non-hydrogen) atoms. The molecule has 364 valence electrons. The van der Waals surface area contributed by atoms with Crippen molar-refractivity contribution in [2.75, 3.05) is 0 Å². The van der Waals surface area contributed by atoms with Crippen molar-refractivity contribution in [3.63, 3.8) is 0 Å². The summed E-state index contributed by atoms with van der Waals surface area (Å²) in [4.78, 5) is 43.6. The van der Waals surface area contributed by atoms with Gasteiger partial charge in [0, 0.05) is 25.8 Å². The van der Waals surface area contributed by atoms with Crippen molar-refractivity contribution in [3.05, 3.63) is 71.8 Å². The Morgan fingerprint density at radius 3 is 0.985 bits per heavy atom. The van der Waals surface area contributed by atoms with Crippen LogP contribution < -0.4 is 10.2 Å². The summed E-state index contributed by atoms with van der Waals surface area (Å²) in [5, 5.41) is 20.7. The van der Waals surface area contributed by atoms with Crippen molar-refractivity contribution in [3.8, 4) is 0 Å². The number of hydrogen-bond acceptors (Lipinski definition) is 10. The summed E-state index contributed by atoms with van der Waals surface area (Å²) in [6.45, 7) is 8.46. The van der Waals surface area contributed by atoms with E-state index in [9.17, 15) is 29.4 Å². The zero-order chi connectivity index (χ0) is 46.9. The number of rotatable bonds is 40. The van der Waals surface area contributed by atoms with Crippen molar-refractivity contribution in [2.24, 2.45) is 0 Å². The molecular formula is C54H86BaO10. The van der Waals surface area contributed by atoms with E-state index in [1.807, 2.05) is 36.4 Å². The number of esters is 2. The van der Waals surface area contributed by atoms with Crippen molar-refractivity contribution in [2.45, 2.75) is 245 Å². The Morgan fingerprint density at radius 1 is 0.415 bits per heavy atom. The average Bonchev–Trinajstić information content (AvgIpc) is 3.26. The molecule has 4 unspecified atom stereocenters. The molecule has 0 radical (unpaired) electrons. The predicted octanol–water partition coefficient (Wildman–Crippen LogP) is 11.1. The molecule has 0 spiro atoms. The normalized spacial score (nSPS) is 12.7.